The van der Waals surface area contributed by atoms with Crippen molar-refractivity contribution in [1.29, 1.82) is 0 Å². The van der Waals surface area contributed by atoms with Crippen LogP contribution >= 0.6 is 11.6 Å². The van der Waals surface area contributed by atoms with Crippen molar-refractivity contribution >= 4 is 23.2 Å². The van der Waals surface area contributed by atoms with Crippen molar-refractivity contribution in [1.82, 2.24) is 15.8 Å². The van der Waals surface area contributed by atoms with Crippen LogP contribution in [0, 0.1) is 0 Å². The van der Waals surface area contributed by atoms with Crippen LogP contribution in [-0.4, -0.2) is 10.9 Å². The molecule has 0 aliphatic carbocycles. The lowest BCUT2D eigenvalue weighted by Crippen LogP contribution is -2.35. The Morgan fingerprint density at radius 3 is 2.47 bits per heavy atom. The number of benzene rings is 1. The quantitative estimate of drug-likeness (QED) is 0.842. The van der Waals surface area contributed by atoms with E-state index in [1.807, 2.05) is 0 Å². The van der Waals surface area contributed by atoms with E-state index in [1.54, 1.807) is 48.8 Å². The number of hydrogen-bond donors (Lipinski definition) is 2. The van der Waals surface area contributed by atoms with Crippen molar-refractivity contribution < 1.29 is 4.79 Å². The molecule has 1 aromatic heterocycles. The van der Waals surface area contributed by atoms with E-state index in [0.29, 0.717) is 16.3 Å². The van der Waals surface area contributed by atoms with E-state index in [9.17, 15) is 4.79 Å². The standard InChI is InChI=1S/C14H12ClN3O/c1-10(11-6-8-16-9-7-11)17-18-14(19)12-4-2-3-5-13(12)15/h2-9,17H,1H2,(H,18,19). The topological polar surface area (TPSA) is 54.0 Å². The van der Waals surface area contributed by atoms with Gasteiger partial charge in [0.2, 0.25) is 0 Å². The number of rotatable bonds is 4. The fraction of sp³-hybridized carbons (Fsp3) is 0. The number of hydrazine groups is 1. The molecule has 0 fully saturated rings. The molecule has 1 heterocycles. The molecule has 0 unspecified atom stereocenters. The van der Waals surface area contributed by atoms with Crippen LogP contribution in [0.25, 0.3) is 5.70 Å². The van der Waals surface area contributed by atoms with Crippen LogP contribution in [0.2, 0.25) is 5.02 Å². The van der Waals surface area contributed by atoms with Crippen LogP contribution < -0.4 is 10.9 Å². The zero-order valence-electron chi connectivity index (χ0n) is 10.1. The van der Waals surface area contributed by atoms with Gasteiger partial charge >= 0.3 is 0 Å². The summed E-state index contributed by atoms with van der Waals surface area (Å²) in [5.41, 5.74) is 7.10. The van der Waals surface area contributed by atoms with Gasteiger partial charge in [-0.3, -0.25) is 20.6 Å². The van der Waals surface area contributed by atoms with Crippen LogP contribution in [-0.2, 0) is 0 Å². The maximum atomic E-state index is 11.9. The molecule has 0 bridgehead atoms. The molecule has 0 aliphatic heterocycles. The summed E-state index contributed by atoms with van der Waals surface area (Å²) in [4.78, 5) is 15.8. The van der Waals surface area contributed by atoms with Crippen molar-refractivity contribution in [2.45, 2.75) is 0 Å². The van der Waals surface area contributed by atoms with Gasteiger partial charge in [-0.2, -0.15) is 0 Å². The maximum absolute atomic E-state index is 11.9. The summed E-state index contributed by atoms with van der Waals surface area (Å²) in [6.45, 7) is 3.83. The van der Waals surface area contributed by atoms with Crippen LogP contribution in [0.3, 0.4) is 0 Å². The van der Waals surface area contributed by atoms with E-state index in [2.05, 4.69) is 22.4 Å². The van der Waals surface area contributed by atoms with Gasteiger partial charge in [0.1, 0.15) is 0 Å². The SMILES string of the molecule is C=C(NNC(=O)c1ccccc1Cl)c1ccncc1. The molecule has 96 valence electrons. The lowest BCUT2D eigenvalue weighted by Gasteiger charge is -2.11. The Kier molecular flexibility index (Phi) is 4.15. The van der Waals surface area contributed by atoms with E-state index < -0.39 is 0 Å². The third kappa shape index (κ3) is 3.33. The molecule has 5 heteroatoms. The second kappa shape index (κ2) is 6.02. The molecular formula is C14H12ClN3O. The maximum Gasteiger partial charge on any atom is 0.271 e. The summed E-state index contributed by atoms with van der Waals surface area (Å²) in [5, 5.41) is 0.399. The lowest BCUT2D eigenvalue weighted by molar-refractivity contribution is 0.0942. The third-order valence-electron chi connectivity index (χ3n) is 2.47. The Bertz CT molecular complexity index is 599. The average molecular weight is 274 g/mol. The molecule has 4 nitrogen and oxygen atoms in total. The van der Waals surface area contributed by atoms with Gasteiger partial charge in [-0.1, -0.05) is 30.3 Å². The van der Waals surface area contributed by atoms with Gasteiger partial charge in [0.15, 0.2) is 0 Å². The van der Waals surface area contributed by atoms with Gasteiger partial charge in [-0.15, -0.1) is 0 Å². The molecule has 2 aromatic rings. The first-order valence-electron chi connectivity index (χ1n) is 5.58. The number of amides is 1. The minimum Gasteiger partial charge on any atom is -0.298 e. The van der Waals surface area contributed by atoms with Crippen LogP contribution in [0.4, 0.5) is 0 Å². The van der Waals surface area contributed by atoms with Crippen molar-refractivity contribution in [3.63, 3.8) is 0 Å². The fourth-order valence-corrected chi connectivity index (χ4v) is 1.69. The molecule has 0 saturated heterocycles. The first-order valence-corrected chi connectivity index (χ1v) is 5.96. The fourth-order valence-electron chi connectivity index (χ4n) is 1.47. The lowest BCUT2D eigenvalue weighted by atomic mass is 10.2. The van der Waals surface area contributed by atoms with Crippen LogP contribution in [0.15, 0.2) is 55.4 Å². The Morgan fingerprint density at radius 1 is 1.11 bits per heavy atom. The van der Waals surface area contributed by atoms with Gasteiger partial charge in [-0.25, -0.2) is 0 Å². The molecule has 0 atom stereocenters. The first-order chi connectivity index (χ1) is 9.18. The van der Waals surface area contributed by atoms with Gasteiger partial charge in [0.25, 0.3) is 5.91 Å². The normalized spacial score (nSPS) is 9.74. The molecule has 0 aliphatic rings. The number of hydrogen-bond acceptors (Lipinski definition) is 3. The van der Waals surface area contributed by atoms with Gasteiger partial charge < -0.3 is 0 Å². The number of nitrogens with zero attached hydrogens (tertiary/aromatic N) is 1. The minimum atomic E-state index is -0.319. The van der Waals surface area contributed by atoms with E-state index >= 15 is 0 Å². The van der Waals surface area contributed by atoms with Crippen molar-refractivity contribution in [2.75, 3.05) is 0 Å². The Balaban J connectivity index is 1.98. The van der Waals surface area contributed by atoms with E-state index in [4.69, 9.17) is 11.6 Å². The highest BCUT2D eigenvalue weighted by molar-refractivity contribution is 6.33. The third-order valence-corrected chi connectivity index (χ3v) is 2.80. The molecular weight excluding hydrogens is 262 g/mol. The second-order valence-corrected chi connectivity index (χ2v) is 4.18. The zero-order chi connectivity index (χ0) is 13.7. The molecule has 0 spiro atoms. The van der Waals surface area contributed by atoms with E-state index in [1.165, 1.54) is 0 Å². The highest BCUT2D eigenvalue weighted by Gasteiger charge is 2.09. The molecule has 1 amide bonds. The predicted octanol–water partition coefficient (Wildman–Crippen LogP) is 2.64. The van der Waals surface area contributed by atoms with Crippen LogP contribution in [0.1, 0.15) is 15.9 Å². The van der Waals surface area contributed by atoms with Crippen molar-refractivity contribution in [3.8, 4) is 0 Å². The molecule has 0 saturated carbocycles. The van der Waals surface area contributed by atoms with Gasteiger partial charge in [0.05, 0.1) is 16.3 Å². The number of halogens is 1. The minimum absolute atomic E-state index is 0.319. The number of aromatic nitrogens is 1. The second-order valence-electron chi connectivity index (χ2n) is 3.77. The molecule has 2 N–H and O–H groups in total. The summed E-state index contributed by atoms with van der Waals surface area (Å²) in [6.07, 6.45) is 3.30. The Morgan fingerprint density at radius 2 is 1.79 bits per heavy atom. The number of carbonyl (C=O) groups excluding carboxylic acids is 1. The summed E-state index contributed by atoms with van der Waals surface area (Å²) < 4.78 is 0. The monoisotopic (exact) mass is 273 g/mol. The smallest absolute Gasteiger partial charge is 0.271 e. The van der Waals surface area contributed by atoms with E-state index in [-0.39, 0.29) is 5.91 Å². The van der Waals surface area contributed by atoms with E-state index in [0.717, 1.165) is 5.56 Å². The summed E-state index contributed by atoms with van der Waals surface area (Å²) in [5.74, 6) is -0.319. The molecule has 0 radical (unpaired) electrons. The summed E-state index contributed by atoms with van der Waals surface area (Å²) >= 11 is 5.93. The largest absolute Gasteiger partial charge is 0.298 e. The molecule has 1 aromatic carbocycles. The summed E-state index contributed by atoms with van der Waals surface area (Å²) in [7, 11) is 0. The summed E-state index contributed by atoms with van der Waals surface area (Å²) in [6, 6.07) is 10.4. The predicted molar refractivity (Wildman–Crippen MR) is 75.3 cm³/mol. The molecule has 19 heavy (non-hydrogen) atoms. The highest BCUT2D eigenvalue weighted by Crippen LogP contribution is 2.14. The Hall–Kier alpha value is -2.33. The number of nitrogens with one attached hydrogen (secondary N) is 2. The number of pyridine rings is 1. The van der Waals surface area contributed by atoms with Gasteiger partial charge in [0, 0.05) is 18.0 Å². The average Bonchev–Trinajstić information content (AvgIpc) is 2.46. The van der Waals surface area contributed by atoms with Crippen molar-refractivity contribution in [3.05, 3.63) is 71.5 Å². The number of carbonyl (C=O) groups is 1. The van der Waals surface area contributed by atoms with Crippen LogP contribution in [0.5, 0.6) is 0 Å². The van der Waals surface area contributed by atoms with Crippen molar-refractivity contribution in [2.24, 2.45) is 0 Å². The zero-order valence-corrected chi connectivity index (χ0v) is 10.8. The Labute approximate surface area is 116 Å². The first kappa shape index (κ1) is 13.1. The van der Waals surface area contributed by atoms with Gasteiger partial charge in [-0.05, 0) is 24.3 Å². The molecule has 2 rings (SSSR count). The highest BCUT2D eigenvalue weighted by atomic mass is 35.5.